The third-order valence-electron chi connectivity index (χ3n) is 8.10. The molecule has 40 heavy (non-hydrogen) atoms. The molecular weight excluding hydrogens is 516 g/mol. The Bertz CT molecular complexity index is 1210. The van der Waals surface area contributed by atoms with Crippen LogP contribution in [-0.4, -0.2) is 68.1 Å². The van der Waals surface area contributed by atoms with Crippen molar-refractivity contribution in [1.82, 2.24) is 24.8 Å². The summed E-state index contributed by atoms with van der Waals surface area (Å²) in [7, 11) is 0. The highest BCUT2D eigenvalue weighted by Gasteiger charge is 2.50. The molecule has 3 aliphatic rings. The molecule has 1 saturated heterocycles. The number of alkyl carbamates (subject to hydrolysis) is 1. The van der Waals surface area contributed by atoms with Gasteiger partial charge in [-0.2, -0.15) is 9.97 Å². The van der Waals surface area contributed by atoms with Gasteiger partial charge in [-0.3, -0.25) is 9.59 Å². The lowest BCUT2D eigenvalue weighted by Gasteiger charge is -2.35. The Morgan fingerprint density at radius 2 is 1.88 bits per heavy atom. The third-order valence-corrected chi connectivity index (χ3v) is 8.10. The first-order chi connectivity index (χ1) is 18.9. The molecular formula is C28H42N6O6. The molecule has 1 aromatic heterocycles. The summed E-state index contributed by atoms with van der Waals surface area (Å²) in [5.74, 6) is -0.504. The van der Waals surface area contributed by atoms with E-state index in [0.29, 0.717) is 19.4 Å². The Hall–Kier alpha value is -3.44. The Balaban J connectivity index is 1.74. The summed E-state index contributed by atoms with van der Waals surface area (Å²) < 4.78 is 13.4. The lowest BCUT2D eigenvalue weighted by atomic mass is 9.85. The number of nitrogens with one attached hydrogen (secondary N) is 1. The number of ketones is 1. The van der Waals surface area contributed by atoms with Crippen LogP contribution in [0, 0.1) is 17.3 Å². The van der Waals surface area contributed by atoms with Crippen LogP contribution in [0.15, 0.2) is 11.0 Å². The molecule has 3 N–H and O–H groups in total. The Morgan fingerprint density at radius 3 is 2.52 bits per heavy atom. The molecule has 0 unspecified atom stereocenters. The molecule has 6 atom stereocenters. The van der Waals surface area contributed by atoms with Gasteiger partial charge in [0, 0.05) is 12.5 Å². The van der Waals surface area contributed by atoms with Gasteiger partial charge in [0.1, 0.15) is 18.2 Å². The first-order valence-corrected chi connectivity index (χ1v) is 14.3. The summed E-state index contributed by atoms with van der Waals surface area (Å²) in [6.45, 7) is 9.42. The molecule has 0 radical (unpaired) electrons. The van der Waals surface area contributed by atoms with E-state index in [4.69, 9.17) is 15.2 Å². The highest BCUT2D eigenvalue weighted by atomic mass is 16.6. The SMILES string of the molecule is CC[C@@H]1[C@@H]2CN(C(=O)[C@H](C(C)(C)C)NC(=O)O[C@@H]3C[C@H]3CCCCCn3c(nc(C=CN)nc3=O)O2)[C@@H]1C(C)=O. The minimum absolute atomic E-state index is 0.0885. The first-order valence-electron chi connectivity index (χ1n) is 14.3. The second kappa shape index (κ2) is 12.0. The summed E-state index contributed by atoms with van der Waals surface area (Å²) >= 11 is 0. The van der Waals surface area contributed by atoms with Crippen molar-refractivity contribution in [1.29, 1.82) is 0 Å². The highest BCUT2D eigenvalue weighted by Crippen LogP contribution is 2.39. The summed E-state index contributed by atoms with van der Waals surface area (Å²) in [5, 5.41) is 2.80. The molecule has 1 aromatic rings. The summed E-state index contributed by atoms with van der Waals surface area (Å²) in [4.78, 5) is 62.8. The number of amides is 2. The Labute approximate surface area is 234 Å². The quantitative estimate of drug-likeness (QED) is 0.567. The van der Waals surface area contributed by atoms with E-state index in [1.54, 1.807) is 0 Å². The van der Waals surface area contributed by atoms with Crippen molar-refractivity contribution in [3.05, 3.63) is 22.5 Å². The van der Waals surface area contributed by atoms with Crippen LogP contribution in [-0.2, 0) is 20.9 Å². The molecule has 4 rings (SSSR count). The number of nitrogens with two attached hydrogens (primary N) is 1. The van der Waals surface area contributed by atoms with Crippen molar-refractivity contribution in [2.24, 2.45) is 23.0 Å². The van der Waals surface area contributed by atoms with Gasteiger partial charge in [-0.15, -0.1) is 0 Å². The van der Waals surface area contributed by atoms with Crippen molar-refractivity contribution in [2.45, 2.75) is 104 Å². The van der Waals surface area contributed by atoms with Crippen molar-refractivity contribution in [3.8, 4) is 6.01 Å². The van der Waals surface area contributed by atoms with Crippen molar-refractivity contribution < 1.29 is 23.9 Å². The van der Waals surface area contributed by atoms with Gasteiger partial charge in [0.15, 0.2) is 11.6 Å². The minimum atomic E-state index is -0.923. The van der Waals surface area contributed by atoms with E-state index >= 15 is 0 Å². The smallest absolute Gasteiger partial charge is 0.408 e. The van der Waals surface area contributed by atoms with Gasteiger partial charge in [-0.05, 0) is 56.2 Å². The predicted octanol–water partition coefficient (Wildman–Crippen LogP) is 2.24. The fourth-order valence-corrected chi connectivity index (χ4v) is 5.86. The average molecular weight is 559 g/mol. The van der Waals surface area contributed by atoms with Crippen molar-refractivity contribution >= 4 is 23.9 Å². The second-order valence-corrected chi connectivity index (χ2v) is 12.2. The number of ether oxygens (including phenoxy) is 2. The van der Waals surface area contributed by atoms with E-state index in [0.717, 1.165) is 25.7 Å². The highest BCUT2D eigenvalue weighted by molar-refractivity contribution is 5.92. The predicted molar refractivity (Wildman–Crippen MR) is 147 cm³/mol. The van der Waals surface area contributed by atoms with Gasteiger partial charge in [-0.25, -0.2) is 14.2 Å². The molecule has 1 aliphatic carbocycles. The molecule has 12 nitrogen and oxygen atoms in total. The first kappa shape index (κ1) is 29.5. The number of fused-ring (bicyclic) bond motifs is 4. The van der Waals surface area contributed by atoms with Gasteiger partial charge in [-0.1, -0.05) is 40.5 Å². The van der Waals surface area contributed by atoms with Gasteiger partial charge in [0.2, 0.25) is 5.91 Å². The number of nitrogens with zero attached hydrogens (tertiary/aromatic N) is 4. The molecule has 2 amide bonds. The van der Waals surface area contributed by atoms with E-state index in [9.17, 15) is 19.2 Å². The lowest BCUT2D eigenvalue weighted by Crippen LogP contribution is -2.57. The third kappa shape index (κ3) is 6.47. The summed E-state index contributed by atoms with van der Waals surface area (Å²) in [5.41, 5.74) is 4.37. The molecule has 3 heterocycles. The topological polar surface area (TPSA) is 159 Å². The summed E-state index contributed by atoms with van der Waals surface area (Å²) in [6, 6.07) is -1.59. The van der Waals surface area contributed by atoms with Crippen LogP contribution in [0.3, 0.4) is 0 Å². The molecule has 0 aromatic carbocycles. The van der Waals surface area contributed by atoms with E-state index in [-0.39, 0.29) is 48.0 Å². The minimum Gasteiger partial charge on any atom is -0.459 e. The number of Topliss-reactive ketones (excluding diaryl/α,β-unsaturated/α-hetero) is 1. The average Bonchev–Trinajstić information content (AvgIpc) is 3.49. The zero-order valence-corrected chi connectivity index (χ0v) is 24.1. The van der Waals surface area contributed by atoms with Gasteiger partial charge < -0.3 is 25.4 Å². The molecule has 12 heteroatoms. The van der Waals surface area contributed by atoms with Crippen LogP contribution in [0.4, 0.5) is 4.79 Å². The van der Waals surface area contributed by atoms with Crippen molar-refractivity contribution in [3.63, 3.8) is 0 Å². The number of carbonyl (C=O) groups excluding carboxylic acids is 3. The Kier molecular flexibility index (Phi) is 8.84. The summed E-state index contributed by atoms with van der Waals surface area (Å²) in [6.07, 6.45) is 6.01. The monoisotopic (exact) mass is 558 g/mol. The number of hydrogen-bond donors (Lipinski definition) is 2. The molecule has 2 fully saturated rings. The zero-order chi connectivity index (χ0) is 29.2. The van der Waals surface area contributed by atoms with Crippen LogP contribution >= 0.6 is 0 Å². The lowest BCUT2D eigenvalue weighted by molar-refractivity contribution is -0.141. The van der Waals surface area contributed by atoms with Gasteiger partial charge in [0.05, 0.1) is 12.6 Å². The van der Waals surface area contributed by atoms with Crippen molar-refractivity contribution in [2.75, 3.05) is 6.54 Å². The van der Waals surface area contributed by atoms with Crippen LogP contribution in [0.1, 0.15) is 79.0 Å². The van der Waals surface area contributed by atoms with Gasteiger partial charge in [0.25, 0.3) is 0 Å². The van der Waals surface area contributed by atoms with Crippen LogP contribution < -0.4 is 21.5 Å². The standard InChI is InChI=1S/C28H42N6O6/c1-6-18-20-15-34(22(18)16(2)35)24(36)23(28(3,4)5)32-27(38)40-19-14-17(19)10-8-7-9-13-33-25(37)30-21(11-12-29)31-26(33)39-20/h11-12,17-20,22-23H,6-10,13-15,29H2,1-5H3,(H,32,38)/t17-,18-,19-,20+,22-,23-/m1/s1. The second-order valence-electron chi connectivity index (χ2n) is 12.2. The normalized spacial score (nSPS) is 29.9. The van der Waals surface area contributed by atoms with E-state index < -0.39 is 35.4 Å². The molecule has 2 bridgehead atoms. The largest absolute Gasteiger partial charge is 0.459 e. The van der Waals surface area contributed by atoms with Crippen LogP contribution in [0.5, 0.6) is 6.01 Å². The maximum Gasteiger partial charge on any atom is 0.408 e. The number of carbonyl (C=O) groups is 3. The van der Waals surface area contributed by atoms with E-state index in [1.165, 1.54) is 28.7 Å². The molecule has 220 valence electrons. The fraction of sp³-hybridized carbons (Fsp3) is 0.714. The maximum atomic E-state index is 14.0. The number of aromatic nitrogens is 3. The zero-order valence-electron chi connectivity index (χ0n) is 24.1. The van der Waals surface area contributed by atoms with E-state index in [2.05, 4.69) is 15.3 Å². The maximum absolute atomic E-state index is 14.0. The molecule has 2 aliphatic heterocycles. The van der Waals surface area contributed by atoms with Gasteiger partial charge >= 0.3 is 17.8 Å². The van der Waals surface area contributed by atoms with E-state index in [1.807, 2.05) is 27.7 Å². The Morgan fingerprint density at radius 1 is 1.12 bits per heavy atom. The number of hydrogen-bond acceptors (Lipinski definition) is 9. The van der Waals surface area contributed by atoms with Crippen LogP contribution in [0.2, 0.25) is 0 Å². The molecule has 0 spiro atoms. The van der Waals surface area contributed by atoms with Crippen LogP contribution in [0.25, 0.3) is 6.08 Å². The fourth-order valence-electron chi connectivity index (χ4n) is 5.86. The number of rotatable bonds is 3. The molecule has 1 saturated carbocycles.